The van der Waals surface area contributed by atoms with E-state index in [1.54, 1.807) is 0 Å². The molecule has 1 aliphatic carbocycles. The maximum absolute atomic E-state index is 12.0. The quantitative estimate of drug-likeness (QED) is 0.645. The first kappa shape index (κ1) is 17.3. The number of hydrogen-bond acceptors (Lipinski definition) is 4. The Balaban J connectivity index is 1.79. The monoisotopic (exact) mass is 381 g/mol. The van der Waals surface area contributed by atoms with Crippen molar-refractivity contribution in [3.63, 3.8) is 0 Å². The lowest BCUT2D eigenvalue weighted by Crippen LogP contribution is -2.22. The Labute approximate surface area is 160 Å². The SMILES string of the molecule is CC(c1ccccc1)n1cc2c(n1)CCc1c-2sc(NC(N)=O)c1C(N)=O. The van der Waals surface area contributed by atoms with E-state index < -0.39 is 11.9 Å². The number of hydrogen-bond donors (Lipinski definition) is 3. The Morgan fingerprint density at radius 3 is 2.63 bits per heavy atom. The van der Waals surface area contributed by atoms with Gasteiger partial charge in [0, 0.05) is 16.6 Å². The summed E-state index contributed by atoms with van der Waals surface area (Å²) in [7, 11) is 0. The fraction of sp³-hybridized carbons (Fsp3) is 0.211. The van der Waals surface area contributed by atoms with Crippen LogP contribution in [0, 0.1) is 0 Å². The largest absolute Gasteiger partial charge is 0.365 e. The number of aryl methyl sites for hydroxylation is 1. The van der Waals surface area contributed by atoms with Crippen molar-refractivity contribution in [1.82, 2.24) is 9.78 Å². The summed E-state index contributed by atoms with van der Waals surface area (Å²) in [6.07, 6.45) is 3.36. The molecule has 1 unspecified atom stereocenters. The van der Waals surface area contributed by atoms with E-state index in [4.69, 9.17) is 16.6 Å². The zero-order chi connectivity index (χ0) is 19.1. The molecule has 27 heavy (non-hydrogen) atoms. The summed E-state index contributed by atoms with van der Waals surface area (Å²) in [6, 6.07) is 9.51. The van der Waals surface area contributed by atoms with Gasteiger partial charge < -0.3 is 11.5 Å². The van der Waals surface area contributed by atoms with Crippen LogP contribution in [0.4, 0.5) is 9.80 Å². The normalized spacial score (nSPS) is 13.5. The molecular weight excluding hydrogens is 362 g/mol. The molecule has 0 radical (unpaired) electrons. The maximum Gasteiger partial charge on any atom is 0.317 e. The van der Waals surface area contributed by atoms with E-state index in [-0.39, 0.29) is 6.04 Å². The molecule has 5 N–H and O–H groups in total. The molecule has 8 heteroatoms. The molecule has 7 nitrogen and oxygen atoms in total. The molecule has 138 valence electrons. The average Bonchev–Trinajstić information content (AvgIpc) is 3.22. The van der Waals surface area contributed by atoms with E-state index in [2.05, 4.69) is 24.4 Å². The van der Waals surface area contributed by atoms with Gasteiger partial charge in [-0.05, 0) is 30.9 Å². The number of carbonyl (C=O) groups is 2. The van der Waals surface area contributed by atoms with E-state index in [9.17, 15) is 9.59 Å². The van der Waals surface area contributed by atoms with Gasteiger partial charge in [0.1, 0.15) is 5.00 Å². The van der Waals surface area contributed by atoms with Crippen LogP contribution in [0.5, 0.6) is 0 Å². The standard InChI is InChI=1S/C19H19N5O2S/c1-10(11-5-3-2-4-6-11)24-9-13-14(23-24)8-7-12-15(17(20)25)18(22-19(21)26)27-16(12)13/h2-6,9-10H,7-8H2,1H3,(H2,20,25)(H3,21,22,26). The fourth-order valence-corrected chi connectivity index (χ4v) is 4.80. The van der Waals surface area contributed by atoms with E-state index >= 15 is 0 Å². The molecule has 1 aliphatic rings. The second kappa shape index (κ2) is 6.55. The van der Waals surface area contributed by atoms with Gasteiger partial charge in [-0.25, -0.2) is 4.79 Å². The Hall–Kier alpha value is -3.13. The predicted octanol–water partition coefficient (Wildman–Crippen LogP) is 2.91. The van der Waals surface area contributed by atoms with Crippen LogP contribution in [0.1, 0.15) is 40.1 Å². The third-order valence-electron chi connectivity index (χ3n) is 4.83. The summed E-state index contributed by atoms with van der Waals surface area (Å²) in [6.45, 7) is 2.10. The number of nitrogens with one attached hydrogen (secondary N) is 1. The first-order valence-corrected chi connectivity index (χ1v) is 9.42. The van der Waals surface area contributed by atoms with Gasteiger partial charge in [0.15, 0.2) is 0 Å². The molecule has 0 fully saturated rings. The number of rotatable bonds is 4. The molecule has 2 heterocycles. The van der Waals surface area contributed by atoms with Crippen molar-refractivity contribution in [1.29, 1.82) is 0 Å². The minimum Gasteiger partial charge on any atom is -0.365 e. The number of anilines is 1. The fourth-order valence-electron chi connectivity index (χ4n) is 3.51. The van der Waals surface area contributed by atoms with Gasteiger partial charge in [-0.3, -0.25) is 14.8 Å². The maximum atomic E-state index is 12.0. The minimum atomic E-state index is -0.718. The third kappa shape index (κ3) is 2.97. The van der Waals surface area contributed by atoms with E-state index in [0.717, 1.165) is 27.3 Å². The molecule has 0 saturated carbocycles. The molecule has 2 aromatic heterocycles. The Kier molecular flexibility index (Phi) is 4.19. The van der Waals surface area contributed by atoms with E-state index in [1.165, 1.54) is 11.3 Å². The first-order valence-electron chi connectivity index (χ1n) is 8.61. The number of nitrogens with two attached hydrogens (primary N) is 2. The lowest BCUT2D eigenvalue weighted by Gasteiger charge is -2.12. The molecule has 3 amide bonds. The van der Waals surface area contributed by atoms with Crippen LogP contribution in [0.3, 0.4) is 0 Å². The number of primary amides is 2. The van der Waals surface area contributed by atoms with Crippen molar-refractivity contribution >= 4 is 28.3 Å². The molecule has 1 atom stereocenters. The average molecular weight is 381 g/mol. The zero-order valence-corrected chi connectivity index (χ0v) is 15.5. The second-order valence-corrected chi connectivity index (χ2v) is 7.54. The number of amides is 3. The summed E-state index contributed by atoms with van der Waals surface area (Å²) in [5.41, 5.74) is 15.1. The summed E-state index contributed by atoms with van der Waals surface area (Å²) < 4.78 is 1.94. The number of urea groups is 1. The molecule has 4 rings (SSSR count). The van der Waals surface area contributed by atoms with Crippen LogP contribution in [0.2, 0.25) is 0 Å². The number of carbonyl (C=O) groups excluding carboxylic acids is 2. The molecule has 3 aromatic rings. The highest BCUT2D eigenvalue weighted by Crippen LogP contribution is 2.45. The molecule has 0 saturated heterocycles. The highest BCUT2D eigenvalue weighted by Gasteiger charge is 2.30. The van der Waals surface area contributed by atoms with Gasteiger partial charge in [-0.15, -0.1) is 11.3 Å². The van der Waals surface area contributed by atoms with Crippen molar-refractivity contribution in [3.05, 3.63) is 58.9 Å². The Morgan fingerprint density at radius 2 is 1.96 bits per heavy atom. The van der Waals surface area contributed by atoms with Crippen molar-refractivity contribution in [2.75, 3.05) is 5.32 Å². The number of benzene rings is 1. The molecule has 0 spiro atoms. The van der Waals surface area contributed by atoms with E-state index in [1.807, 2.05) is 29.1 Å². The summed E-state index contributed by atoms with van der Waals surface area (Å²) in [5, 5.41) is 7.69. The van der Waals surface area contributed by atoms with Crippen LogP contribution < -0.4 is 16.8 Å². The van der Waals surface area contributed by atoms with Crippen molar-refractivity contribution in [3.8, 4) is 10.4 Å². The van der Waals surface area contributed by atoms with Gasteiger partial charge in [0.2, 0.25) is 0 Å². The predicted molar refractivity (Wildman–Crippen MR) is 105 cm³/mol. The Bertz CT molecular complexity index is 1040. The number of aromatic nitrogens is 2. The van der Waals surface area contributed by atoms with Gasteiger partial charge in [-0.1, -0.05) is 30.3 Å². The summed E-state index contributed by atoms with van der Waals surface area (Å²) in [4.78, 5) is 24.2. The number of fused-ring (bicyclic) bond motifs is 3. The van der Waals surface area contributed by atoms with Crippen LogP contribution in [-0.2, 0) is 12.8 Å². The van der Waals surface area contributed by atoms with Gasteiger partial charge in [0.05, 0.1) is 17.3 Å². The third-order valence-corrected chi connectivity index (χ3v) is 6.01. The second-order valence-electron chi connectivity index (χ2n) is 6.52. The summed E-state index contributed by atoms with van der Waals surface area (Å²) in [5.74, 6) is -0.565. The van der Waals surface area contributed by atoms with Crippen molar-refractivity contribution < 1.29 is 9.59 Å². The number of nitrogens with zero attached hydrogens (tertiary/aromatic N) is 2. The lowest BCUT2D eigenvalue weighted by atomic mass is 9.94. The highest BCUT2D eigenvalue weighted by molar-refractivity contribution is 7.20. The van der Waals surface area contributed by atoms with Crippen LogP contribution in [0.25, 0.3) is 10.4 Å². The zero-order valence-electron chi connectivity index (χ0n) is 14.7. The van der Waals surface area contributed by atoms with Gasteiger partial charge >= 0.3 is 6.03 Å². The Morgan fingerprint density at radius 1 is 1.22 bits per heavy atom. The minimum absolute atomic E-state index is 0.0824. The van der Waals surface area contributed by atoms with Crippen LogP contribution in [0.15, 0.2) is 36.5 Å². The van der Waals surface area contributed by atoms with Gasteiger partial charge in [-0.2, -0.15) is 5.10 Å². The van der Waals surface area contributed by atoms with Gasteiger partial charge in [0.25, 0.3) is 5.91 Å². The summed E-state index contributed by atoms with van der Waals surface area (Å²) >= 11 is 1.32. The molecule has 0 bridgehead atoms. The van der Waals surface area contributed by atoms with E-state index in [0.29, 0.717) is 23.4 Å². The molecule has 0 aliphatic heterocycles. The topological polar surface area (TPSA) is 116 Å². The van der Waals surface area contributed by atoms with Crippen molar-refractivity contribution in [2.45, 2.75) is 25.8 Å². The van der Waals surface area contributed by atoms with Crippen molar-refractivity contribution in [2.24, 2.45) is 11.5 Å². The first-order chi connectivity index (χ1) is 13.0. The lowest BCUT2D eigenvalue weighted by molar-refractivity contribution is 0.100. The number of thiophene rings is 1. The smallest absolute Gasteiger partial charge is 0.317 e. The highest BCUT2D eigenvalue weighted by atomic mass is 32.1. The van der Waals surface area contributed by atoms with Crippen LogP contribution >= 0.6 is 11.3 Å². The van der Waals surface area contributed by atoms with Crippen LogP contribution in [-0.4, -0.2) is 21.7 Å². The molecule has 1 aromatic carbocycles. The molecular formula is C19H19N5O2S.